The van der Waals surface area contributed by atoms with Crippen molar-refractivity contribution in [3.8, 4) is 0 Å². The van der Waals surface area contributed by atoms with Gasteiger partial charge in [-0.1, -0.05) is 18.7 Å². The van der Waals surface area contributed by atoms with Gasteiger partial charge in [-0.25, -0.2) is 0 Å². The van der Waals surface area contributed by atoms with Gasteiger partial charge in [-0.15, -0.1) is 0 Å². The van der Waals surface area contributed by atoms with E-state index < -0.39 is 0 Å². The van der Waals surface area contributed by atoms with Crippen molar-refractivity contribution >= 4 is 22.8 Å². The second-order valence-electron chi connectivity index (χ2n) is 4.67. The minimum absolute atomic E-state index is 0.127. The van der Waals surface area contributed by atoms with Gasteiger partial charge in [0.2, 0.25) is 5.91 Å². The molecule has 0 aromatic carbocycles. The Morgan fingerprint density at radius 1 is 1.47 bits per heavy atom. The second-order valence-corrected chi connectivity index (χ2v) is 5.89. The molecule has 0 saturated heterocycles. The lowest BCUT2D eigenvalue weighted by molar-refractivity contribution is -0.120. The van der Waals surface area contributed by atoms with Crippen LogP contribution in [0, 0.1) is 5.92 Å². The molecule has 5 heteroatoms. The normalized spacial score (nSPS) is 23.4. The Kier molecular flexibility index (Phi) is 4.71. The molecule has 0 bridgehead atoms. The largest absolute Gasteiger partial charge is 0.364 e. The van der Waals surface area contributed by atoms with Gasteiger partial charge >= 0.3 is 0 Å². The van der Waals surface area contributed by atoms with E-state index in [9.17, 15) is 4.79 Å². The summed E-state index contributed by atoms with van der Waals surface area (Å²) in [6.45, 7) is 4.48. The van der Waals surface area contributed by atoms with Crippen LogP contribution in [0.2, 0.25) is 0 Å². The third kappa shape index (κ3) is 4.22. The molecule has 1 amide bonds. The van der Waals surface area contributed by atoms with Gasteiger partial charge in [0.15, 0.2) is 5.17 Å². The highest BCUT2D eigenvalue weighted by atomic mass is 32.2. The number of hydrogen-bond donors (Lipinski definition) is 2. The van der Waals surface area contributed by atoms with Crippen LogP contribution in [0.1, 0.15) is 32.6 Å². The SMILES string of the molecule is CCCNC(=O)CCNC1=NCC(C2CC2)S1. The van der Waals surface area contributed by atoms with Crippen LogP contribution in [0.3, 0.4) is 0 Å². The topological polar surface area (TPSA) is 53.5 Å². The van der Waals surface area contributed by atoms with Crippen molar-refractivity contribution in [1.29, 1.82) is 0 Å². The summed E-state index contributed by atoms with van der Waals surface area (Å²) in [4.78, 5) is 15.8. The first-order valence-corrected chi connectivity index (χ1v) is 7.39. The predicted octanol–water partition coefficient (Wildman–Crippen LogP) is 1.37. The van der Waals surface area contributed by atoms with E-state index in [1.807, 2.05) is 11.8 Å². The average Bonchev–Trinajstić information content (AvgIpc) is 3.07. The second kappa shape index (κ2) is 6.28. The van der Waals surface area contributed by atoms with Crippen LogP contribution < -0.4 is 10.6 Å². The maximum Gasteiger partial charge on any atom is 0.221 e. The Morgan fingerprint density at radius 3 is 3.00 bits per heavy atom. The molecule has 0 spiro atoms. The molecule has 96 valence electrons. The van der Waals surface area contributed by atoms with Gasteiger partial charge in [-0.2, -0.15) is 0 Å². The number of nitrogens with one attached hydrogen (secondary N) is 2. The Balaban J connectivity index is 1.55. The summed E-state index contributed by atoms with van der Waals surface area (Å²) in [7, 11) is 0. The number of rotatable bonds is 6. The fourth-order valence-electron chi connectivity index (χ4n) is 1.84. The number of thioether (sulfide) groups is 1. The summed E-state index contributed by atoms with van der Waals surface area (Å²) in [6, 6.07) is 0. The molecule has 1 fully saturated rings. The molecular weight excluding hydrogens is 234 g/mol. The van der Waals surface area contributed by atoms with Crippen LogP contribution in [0.25, 0.3) is 0 Å². The van der Waals surface area contributed by atoms with E-state index >= 15 is 0 Å². The summed E-state index contributed by atoms with van der Waals surface area (Å²) in [6.07, 6.45) is 4.28. The lowest BCUT2D eigenvalue weighted by atomic mass is 10.3. The van der Waals surface area contributed by atoms with E-state index in [2.05, 4.69) is 22.5 Å². The summed E-state index contributed by atoms with van der Waals surface area (Å²) < 4.78 is 0. The quantitative estimate of drug-likeness (QED) is 0.754. The van der Waals surface area contributed by atoms with E-state index in [0.717, 1.165) is 30.6 Å². The monoisotopic (exact) mass is 255 g/mol. The van der Waals surface area contributed by atoms with Gasteiger partial charge in [0.25, 0.3) is 0 Å². The van der Waals surface area contributed by atoms with Crippen LogP contribution >= 0.6 is 11.8 Å². The Labute approximate surface area is 107 Å². The number of nitrogens with zero attached hydrogens (tertiary/aromatic N) is 1. The van der Waals surface area contributed by atoms with E-state index in [4.69, 9.17) is 0 Å². The zero-order valence-electron chi connectivity index (χ0n) is 10.4. The van der Waals surface area contributed by atoms with Crippen molar-refractivity contribution in [3.05, 3.63) is 0 Å². The van der Waals surface area contributed by atoms with Crippen molar-refractivity contribution in [2.45, 2.75) is 37.9 Å². The summed E-state index contributed by atoms with van der Waals surface area (Å²) >= 11 is 1.86. The standard InChI is InChI=1S/C12H21N3OS/c1-2-6-13-11(16)5-7-14-12-15-8-10(17-12)9-3-4-9/h9-10H,2-8H2,1H3,(H,13,16)(H,14,15). The molecule has 1 aliphatic heterocycles. The molecule has 1 aliphatic carbocycles. The third-order valence-electron chi connectivity index (χ3n) is 3.03. The van der Waals surface area contributed by atoms with E-state index in [0.29, 0.717) is 18.2 Å². The molecule has 0 aromatic rings. The van der Waals surface area contributed by atoms with Crippen LogP contribution in [0.5, 0.6) is 0 Å². The zero-order chi connectivity index (χ0) is 12.1. The number of carbonyl (C=O) groups excluding carboxylic acids is 1. The van der Waals surface area contributed by atoms with Gasteiger partial charge in [-0.05, 0) is 25.2 Å². The van der Waals surface area contributed by atoms with Crippen LogP contribution in [0.15, 0.2) is 4.99 Å². The summed E-state index contributed by atoms with van der Waals surface area (Å²) in [5.41, 5.74) is 0. The van der Waals surface area contributed by atoms with Gasteiger partial charge in [0.05, 0.1) is 6.54 Å². The van der Waals surface area contributed by atoms with Crippen molar-refractivity contribution in [3.63, 3.8) is 0 Å². The molecule has 1 saturated carbocycles. The average molecular weight is 255 g/mol. The first-order valence-electron chi connectivity index (χ1n) is 6.51. The lowest BCUT2D eigenvalue weighted by Gasteiger charge is -2.07. The van der Waals surface area contributed by atoms with Crippen molar-refractivity contribution in [2.24, 2.45) is 10.9 Å². The molecule has 1 unspecified atom stereocenters. The van der Waals surface area contributed by atoms with Crippen molar-refractivity contribution in [1.82, 2.24) is 10.6 Å². The third-order valence-corrected chi connectivity index (χ3v) is 4.36. The molecule has 1 heterocycles. The zero-order valence-corrected chi connectivity index (χ0v) is 11.2. The summed E-state index contributed by atoms with van der Waals surface area (Å²) in [5, 5.41) is 7.86. The Hall–Kier alpha value is -0.710. The van der Waals surface area contributed by atoms with E-state index in [1.54, 1.807) is 0 Å². The van der Waals surface area contributed by atoms with E-state index in [1.165, 1.54) is 12.8 Å². The van der Waals surface area contributed by atoms with Crippen molar-refractivity contribution in [2.75, 3.05) is 19.6 Å². The molecule has 2 aliphatic rings. The molecule has 2 rings (SSSR count). The number of amides is 1. The molecule has 0 radical (unpaired) electrons. The minimum atomic E-state index is 0.127. The van der Waals surface area contributed by atoms with Gasteiger partial charge in [0, 0.05) is 24.8 Å². The number of amidine groups is 1. The first-order chi connectivity index (χ1) is 8.29. The minimum Gasteiger partial charge on any atom is -0.364 e. The number of carbonyl (C=O) groups is 1. The van der Waals surface area contributed by atoms with Gasteiger partial charge in [0.1, 0.15) is 0 Å². The molecule has 2 N–H and O–H groups in total. The van der Waals surface area contributed by atoms with E-state index in [-0.39, 0.29) is 5.91 Å². The maximum absolute atomic E-state index is 11.4. The fraction of sp³-hybridized carbons (Fsp3) is 0.833. The molecule has 4 nitrogen and oxygen atoms in total. The van der Waals surface area contributed by atoms with Gasteiger partial charge in [-0.3, -0.25) is 9.79 Å². The summed E-state index contributed by atoms with van der Waals surface area (Å²) in [5.74, 6) is 1.03. The fourth-order valence-corrected chi connectivity index (χ4v) is 3.07. The highest BCUT2D eigenvalue weighted by Crippen LogP contribution is 2.41. The first kappa shape index (κ1) is 12.7. The maximum atomic E-state index is 11.4. The molecule has 17 heavy (non-hydrogen) atoms. The molecular formula is C12H21N3OS. The van der Waals surface area contributed by atoms with Crippen LogP contribution in [0.4, 0.5) is 0 Å². The highest BCUT2D eigenvalue weighted by Gasteiger charge is 2.35. The van der Waals surface area contributed by atoms with Crippen LogP contribution in [-0.4, -0.2) is 36.0 Å². The Bertz CT molecular complexity index is 302. The number of aliphatic imine (C=N–C) groups is 1. The van der Waals surface area contributed by atoms with Crippen LogP contribution in [-0.2, 0) is 4.79 Å². The Morgan fingerprint density at radius 2 is 2.29 bits per heavy atom. The predicted molar refractivity (Wildman–Crippen MR) is 72.3 cm³/mol. The lowest BCUT2D eigenvalue weighted by Crippen LogP contribution is -2.29. The van der Waals surface area contributed by atoms with Gasteiger partial charge < -0.3 is 10.6 Å². The smallest absolute Gasteiger partial charge is 0.221 e. The van der Waals surface area contributed by atoms with Crippen molar-refractivity contribution < 1.29 is 4.79 Å². The molecule has 0 aromatic heterocycles. The number of hydrogen-bond acceptors (Lipinski definition) is 4. The molecule has 1 atom stereocenters. The highest BCUT2D eigenvalue weighted by molar-refractivity contribution is 8.14.